The lowest BCUT2D eigenvalue weighted by Gasteiger charge is -2.50. The Bertz CT molecular complexity index is 1560. The highest BCUT2D eigenvalue weighted by Gasteiger charge is 2.53. The van der Waals surface area contributed by atoms with Crippen molar-refractivity contribution in [2.75, 3.05) is 0 Å². The fourth-order valence-electron chi connectivity index (χ4n) is 6.83. The molecule has 2 aliphatic heterocycles. The highest BCUT2D eigenvalue weighted by molar-refractivity contribution is 6.04. The van der Waals surface area contributed by atoms with Crippen LogP contribution >= 0.6 is 0 Å². The molecule has 0 fully saturated rings. The van der Waals surface area contributed by atoms with Gasteiger partial charge in [0.1, 0.15) is 22.8 Å². The first-order valence-electron chi connectivity index (χ1n) is 15.6. The van der Waals surface area contributed by atoms with Crippen molar-refractivity contribution >= 4 is 11.5 Å². The monoisotopic (exact) mass is 563 g/mol. The van der Waals surface area contributed by atoms with E-state index in [-0.39, 0.29) is 11.7 Å². The summed E-state index contributed by atoms with van der Waals surface area (Å²) in [6.45, 7) is 17.2. The summed E-state index contributed by atoms with van der Waals surface area (Å²) in [6.07, 6.45) is 4.56. The van der Waals surface area contributed by atoms with Gasteiger partial charge in [0, 0.05) is 46.9 Å². The summed E-state index contributed by atoms with van der Waals surface area (Å²) in [6, 6.07) is 21.2. The van der Waals surface area contributed by atoms with Gasteiger partial charge in [-0.2, -0.15) is 0 Å². The Morgan fingerprint density at radius 2 is 1.43 bits per heavy atom. The predicted molar refractivity (Wildman–Crippen MR) is 173 cm³/mol. The molecule has 0 saturated carbocycles. The normalized spacial score (nSPS) is 18.7. The summed E-state index contributed by atoms with van der Waals surface area (Å²) in [5.41, 5.74) is 6.20. The van der Waals surface area contributed by atoms with Crippen LogP contribution in [0.25, 0.3) is 22.3 Å². The molecule has 1 unspecified atom stereocenters. The third-order valence-electron chi connectivity index (χ3n) is 8.95. The number of aliphatic imine (C=N–C) groups is 1. The van der Waals surface area contributed by atoms with E-state index < -0.39 is 11.1 Å². The zero-order chi connectivity index (χ0) is 30.2. The first-order chi connectivity index (χ1) is 20.0. The molecule has 0 amide bonds. The predicted octanol–water partition coefficient (Wildman–Crippen LogP) is 10.3. The number of rotatable bonds is 9. The minimum atomic E-state index is -0.798. The van der Waals surface area contributed by atoms with Crippen LogP contribution in [0.1, 0.15) is 92.2 Å². The maximum atomic E-state index is 13.1. The Morgan fingerprint density at radius 1 is 0.833 bits per heavy atom. The van der Waals surface area contributed by atoms with Gasteiger partial charge in [0.05, 0.1) is 0 Å². The molecule has 3 aromatic rings. The zero-order valence-corrected chi connectivity index (χ0v) is 26.5. The Kier molecular flexibility index (Phi) is 8.20. The van der Waals surface area contributed by atoms with E-state index in [1.807, 2.05) is 12.1 Å². The second kappa shape index (κ2) is 11.6. The lowest BCUT2D eigenvalue weighted by molar-refractivity contribution is -0.116. The summed E-state index contributed by atoms with van der Waals surface area (Å²) in [4.78, 5) is 18.5. The van der Waals surface area contributed by atoms with Crippen LogP contribution in [0.15, 0.2) is 77.5 Å². The van der Waals surface area contributed by atoms with E-state index >= 15 is 0 Å². The summed E-state index contributed by atoms with van der Waals surface area (Å²) < 4.78 is 13.8. The molecule has 0 N–H and O–H groups in total. The van der Waals surface area contributed by atoms with E-state index in [1.165, 1.54) is 0 Å². The number of hydrogen-bond donors (Lipinski definition) is 0. The summed E-state index contributed by atoms with van der Waals surface area (Å²) in [5.74, 6) is 3.13. The molecule has 3 aromatic carbocycles. The van der Waals surface area contributed by atoms with Crippen LogP contribution in [-0.4, -0.2) is 17.0 Å². The lowest BCUT2D eigenvalue weighted by Crippen LogP contribution is -2.53. The van der Waals surface area contributed by atoms with Gasteiger partial charge in [0.25, 0.3) is 0 Å². The number of fused-ring (bicyclic) bond motifs is 6. The van der Waals surface area contributed by atoms with Gasteiger partial charge in [-0.25, -0.2) is 0 Å². The quantitative estimate of drug-likeness (QED) is 0.150. The van der Waals surface area contributed by atoms with Gasteiger partial charge in [-0.3, -0.25) is 9.79 Å². The van der Waals surface area contributed by atoms with Gasteiger partial charge in [0.2, 0.25) is 0 Å². The molecule has 4 nitrogen and oxygen atoms in total. The van der Waals surface area contributed by atoms with Crippen LogP contribution in [0, 0.1) is 11.8 Å². The molecule has 2 heterocycles. The number of nitrogens with zero attached hydrogens (tertiary/aromatic N) is 1. The molecule has 0 saturated heterocycles. The van der Waals surface area contributed by atoms with Crippen LogP contribution in [-0.2, 0) is 15.1 Å². The van der Waals surface area contributed by atoms with Crippen molar-refractivity contribution < 1.29 is 14.3 Å². The first-order valence-corrected chi connectivity index (χ1v) is 15.6. The summed E-state index contributed by atoms with van der Waals surface area (Å²) in [7, 11) is 0. The number of ether oxygens (including phenoxy) is 2. The molecule has 0 radical (unpaired) electrons. The van der Waals surface area contributed by atoms with Gasteiger partial charge < -0.3 is 9.47 Å². The van der Waals surface area contributed by atoms with Gasteiger partial charge in [-0.05, 0) is 67.9 Å². The molecule has 0 bridgehead atoms. The number of hydrogen-bond acceptors (Lipinski definition) is 4. The maximum absolute atomic E-state index is 13.1. The van der Waals surface area contributed by atoms with Crippen molar-refractivity contribution in [3.63, 3.8) is 0 Å². The summed E-state index contributed by atoms with van der Waals surface area (Å²) >= 11 is 0. The molecule has 1 atom stereocenters. The van der Waals surface area contributed by atoms with Gasteiger partial charge in [-0.15, -0.1) is 0 Å². The fraction of sp³-hybridized carbons (Fsp3) is 0.421. The van der Waals surface area contributed by atoms with Gasteiger partial charge in [-0.1, -0.05) is 84.0 Å². The van der Waals surface area contributed by atoms with E-state index in [0.29, 0.717) is 18.8 Å². The van der Waals surface area contributed by atoms with Crippen LogP contribution in [0.3, 0.4) is 0 Å². The first kappa shape index (κ1) is 29.8. The molecule has 5 rings (SSSR count). The third kappa shape index (κ3) is 5.21. The van der Waals surface area contributed by atoms with Gasteiger partial charge >= 0.3 is 0 Å². The Morgan fingerprint density at radius 3 is 2.05 bits per heavy atom. The highest BCUT2D eigenvalue weighted by atomic mass is 16.5. The van der Waals surface area contributed by atoms with Crippen molar-refractivity contribution in [1.82, 2.24) is 0 Å². The minimum absolute atomic E-state index is 0.112. The Hall–Kier alpha value is -3.66. The molecule has 220 valence electrons. The maximum Gasteiger partial charge on any atom is 0.159 e. The largest absolute Gasteiger partial charge is 0.484 e. The topological polar surface area (TPSA) is 47.9 Å². The van der Waals surface area contributed by atoms with E-state index in [1.54, 1.807) is 6.08 Å². The number of carbonyl (C=O) groups is 1. The van der Waals surface area contributed by atoms with E-state index in [0.717, 1.165) is 69.2 Å². The second-order valence-corrected chi connectivity index (χ2v) is 12.9. The second-order valence-electron chi connectivity index (χ2n) is 12.9. The average Bonchev–Trinajstić information content (AvgIpc) is 3.08. The smallest absolute Gasteiger partial charge is 0.159 e. The van der Waals surface area contributed by atoms with Crippen molar-refractivity contribution in [3.8, 4) is 33.8 Å². The van der Waals surface area contributed by atoms with E-state index in [9.17, 15) is 4.79 Å². The average molecular weight is 564 g/mol. The molecule has 0 spiro atoms. The lowest BCUT2D eigenvalue weighted by atomic mass is 9.68. The molecule has 0 aliphatic carbocycles. The molecule has 42 heavy (non-hydrogen) atoms. The highest BCUT2D eigenvalue weighted by Crippen LogP contribution is 2.54. The number of para-hydroxylation sites is 1. The molecular weight excluding hydrogens is 518 g/mol. The standard InChI is InChI=1S/C38H45NO3/c1-9-38(10-2)37(8,42-28(20-25(5)6)21-27(40)19-24(3)4)34-22-33-30-16-12-11-15-29(30)31-17-13-14-18-35(31)41-36(33)23-32(34)26(7)39-38/h11-18,21-25H,9-10,19-20H2,1-8H3/b28-21-. The Balaban J connectivity index is 1.75. The molecule has 0 aromatic heterocycles. The third-order valence-corrected chi connectivity index (χ3v) is 8.95. The number of benzene rings is 3. The Labute approximate surface area is 251 Å². The van der Waals surface area contributed by atoms with Crippen molar-refractivity contribution in [3.05, 3.63) is 83.6 Å². The van der Waals surface area contributed by atoms with Crippen LogP contribution in [0.2, 0.25) is 0 Å². The molecular formula is C38H45NO3. The van der Waals surface area contributed by atoms with Gasteiger partial charge in [0.15, 0.2) is 11.4 Å². The van der Waals surface area contributed by atoms with Crippen LogP contribution < -0.4 is 4.74 Å². The fourth-order valence-corrected chi connectivity index (χ4v) is 6.83. The number of allylic oxidation sites excluding steroid dienone is 2. The zero-order valence-electron chi connectivity index (χ0n) is 26.5. The molecule has 4 heteroatoms. The van der Waals surface area contributed by atoms with Crippen molar-refractivity contribution in [2.45, 2.75) is 92.2 Å². The van der Waals surface area contributed by atoms with E-state index in [4.69, 9.17) is 14.5 Å². The molecule has 2 aliphatic rings. The van der Waals surface area contributed by atoms with Crippen LogP contribution in [0.5, 0.6) is 11.5 Å². The van der Waals surface area contributed by atoms with Crippen LogP contribution in [0.4, 0.5) is 0 Å². The number of ketones is 1. The minimum Gasteiger partial charge on any atom is -0.484 e. The number of carbonyl (C=O) groups excluding carboxylic acids is 1. The SMILES string of the molecule is CCC1(CC)N=C(C)c2cc3c(cc2C1(C)O/C(=C\C(=O)CC(C)C)CC(C)C)-c1ccccc1-c1ccccc1O3. The summed E-state index contributed by atoms with van der Waals surface area (Å²) in [5, 5.41) is 0. The van der Waals surface area contributed by atoms with Crippen molar-refractivity contribution in [2.24, 2.45) is 16.8 Å². The van der Waals surface area contributed by atoms with Crippen molar-refractivity contribution in [1.29, 1.82) is 0 Å². The van der Waals surface area contributed by atoms with E-state index in [2.05, 4.69) is 104 Å².